The zero-order chi connectivity index (χ0) is 22.6. The summed E-state index contributed by atoms with van der Waals surface area (Å²) in [7, 11) is -3.13. The zero-order valence-electron chi connectivity index (χ0n) is 15.7. The second kappa shape index (κ2) is 17.4. The third-order valence-corrected chi connectivity index (χ3v) is 3.38. The van der Waals surface area contributed by atoms with Gasteiger partial charge in [0.1, 0.15) is 42.7 Å². The summed E-state index contributed by atoms with van der Waals surface area (Å²) in [6, 6.07) is -0.820. The molecule has 0 aromatic rings. The number of carbonyl (C=O) groups is 1. The number of aliphatic carboxylic acids is 1. The Labute approximate surface area is 209 Å². The van der Waals surface area contributed by atoms with E-state index < -0.39 is 57.8 Å². The van der Waals surface area contributed by atoms with Gasteiger partial charge in [0.2, 0.25) is 0 Å². The Morgan fingerprint density at radius 1 is 0.897 bits per heavy atom. The molecule has 1 atom stereocenters. The van der Waals surface area contributed by atoms with Gasteiger partial charge >= 0.3 is 15.1 Å². The van der Waals surface area contributed by atoms with E-state index in [-0.39, 0.29) is 57.3 Å². The van der Waals surface area contributed by atoms with Crippen molar-refractivity contribution in [2.24, 2.45) is 22.2 Å². The Balaban J connectivity index is -0.000000383. The first-order valence-corrected chi connectivity index (χ1v) is 9.08. The molecule has 15 N–H and O–H groups in total. The normalized spacial score (nSPS) is 28.8. The van der Waals surface area contributed by atoms with E-state index in [2.05, 4.69) is 4.99 Å². The van der Waals surface area contributed by atoms with Crippen LogP contribution in [0.3, 0.4) is 0 Å². The molecule has 0 aromatic heterocycles. The number of rotatable bonds is 5. The molecule has 1 radical (unpaired) electrons. The molecule has 0 aliphatic heterocycles. The molecule has 0 bridgehead atoms. The summed E-state index contributed by atoms with van der Waals surface area (Å²) in [5.74, 6) is -0.987. The molecule has 15 nitrogen and oxygen atoms in total. The first kappa shape index (κ1) is 33.4. The number of hydrogen-bond acceptors (Lipinski definition) is 10. The standard InChI is InChI=1S/C6H14N4O2.C6H12O6.K.H2O3Si/c7-4(5(11)12)2-1-3-10-6(8)9;7-1-2(8)4(10)6(12)5(11)3(1)9;;1-4(2)3/h4H,1-3,7H2,(H,11,12)(H4,8,9,10);1-12H;;1-2H/t4-;;;/m0.../s1. The first-order valence-electron chi connectivity index (χ1n) is 7.78. The molecule has 1 aliphatic rings. The third-order valence-electron chi connectivity index (χ3n) is 3.38. The molecule has 1 rings (SSSR count). The predicted molar refractivity (Wildman–Crippen MR) is 98.2 cm³/mol. The van der Waals surface area contributed by atoms with Crippen LogP contribution in [0.5, 0.6) is 0 Å². The summed E-state index contributed by atoms with van der Waals surface area (Å²) in [5, 5.41) is 62.2. The number of nitrogens with zero attached hydrogens (tertiary/aromatic N) is 1. The first-order chi connectivity index (χ1) is 12.7. The summed E-state index contributed by atoms with van der Waals surface area (Å²) in [4.78, 5) is 28.2. The van der Waals surface area contributed by atoms with Crippen LogP contribution in [-0.4, -0.2) is 167 Å². The van der Waals surface area contributed by atoms with Gasteiger partial charge in [-0.15, -0.1) is 0 Å². The summed E-state index contributed by atoms with van der Waals surface area (Å²) in [6.45, 7) is 0.420. The molecule has 0 unspecified atom stereocenters. The van der Waals surface area contributed by atoms with E-state index in [9.17, 15) is 4.79 Å². The molecule has 29 heavy (non-hydrogen) atoms. The number of aliphatic imine (C=N–C) groups is 1. The Morgan fingerprint density at radius 3 is 1.38 bits per heavy atom. The Morgan fingerprint density at radius 2 is 1.17 bits per heavy atom. The molecule has 167 valence electrons. The quantitative estimate of drug-likeness (QED) is 0.0767. The molecule has 0 saturated heterocycles. The van der Waals surface area contributed by atoms with Gasteiger partial charge in [-0.25, -0.2) is 0 Å². The van der Waals surface area contributed by atoms with Crippen molar-refractivity contribution in [3.05, 3.63) is 0 Å². The second-order valence-electron chi connectivity index (χ2n) is 5.62. The van der Waals surface area contributed by atoms with E-state index in [4.69, 9.17) is 67.0 Å². The minimum Gasteiger partial charge on any atom is -0.511 e. The number of carboxylic acid groups (broad SMARTS) is 1. The fourth-order valence-corrected chi connectivity index (χ4v) is 1.85. The van der Waals surface area contributed by atoms with Crippen LogP contribution in [0.15, 0.2) is 4.99 Å². The molecule has 17 heteroatoms. The van der Waals surface area contributed by atoms with Crippen LogP contribution in [0.1, 0.15) is 12.8 Å². The van der Waals surface area contributed by atoms with Crippen LogP contribution in [0.25, 0.3) is 0 Å². The molecular weight excluding hydrogens is 443 g/mol. The van der Waals surface area contributed by atoms with Gasteiger partial charge in [0, 0.05) is 57.9 Å². The minimum atomic E-state index is -3.13. The summed E-state index contributed by atoms with van der Waals surface area (Å²) in [6.07, 6.45) is -8.89. The average molecular weight is 472 g/mol. The van der Waals surface area contributed by atoms with Crippen molar-refractivity contribution < 1.29 is 54.6 Å². The number of carboxylic acids is 1. The zero-order valence-corrected chi connectivity index (χ0v) is 19.8. The largest absolute Gasteiger partial charge is 0.761 e. The van der Waals surface area contributed by atoms with Crippen LogP contribution in [-0.2, 0) is 9.26 Å². The smallest absolute Gasteiger partial charge is 0.511 e. The van der Waals surface area contributed by atoms with Gasteiger partial charge in [-0.3, -0.25) is 14.2 Å². The van der Waals surface area contributed by atoms with Gasteiger partial charge in [0.25, 0.3) is 0 Å². The fourth-order valence-electron chi connectivity index (χ4n) is 1.85. The predicted octanol–water partition coefficient (Wildman–Crippen LogP) is -7.38. The number of guanidine groups is 1. The molecular formula is C12H28KN4O11Si. The van der Waals surface area contributed by atoms with E-state index in [1.807, 2.05) is 0 Å². The minimum absolute atomic E-state index is 0. The van der Waals surface area contributed by atoms with Gasteiger partial charge in [0.05, 0.1) is 0 Å². The Hall–Kier alpha value is -0.287. The van der Waals surface area contributed by atoms with Crippen molar-refractivity contribution in [1.29, 1.82) is 0 Å². The fraction of sp³-hybridized carbons (Fsp3) is 0.833. The maximum Gasteiger partial charge on any atom is 0.761 e. The maximum atomic E-state index is 10.2. The van der Waals surface area contributed by atoms with E-state index in [1.165, 1.54) is 0 Å². The van der Waals surface area contributed by atoms with E-state index in [0.29, 0.717) is 19.4 Å². The summed E-state index contributed by atoms with van der Waals surface area (Å²) >= 11 is 0. The molecule has 1 aliphatic carbocycles. The van der Waals surface area contributed by atoms with Crippen LogP contribution >= 0.6 is 0 Å². The average Bonchev–Trinajstić information content (AvgIpc) is 2.60. The third kappa shape index (κ3) is 15.2. The van der Waals surface area contributed by atoms with Crippen molar-refractivity contribution in [1.82, 2.24) is 0 Å². The van der Waals surface area contributed by atoms with Gasteiger partial charge in [0.15, 0.2) is 5.96 Å². The Kier molecular flexibility index (Phi) is 20.0. The number of nitrogens with two attached hydrogens (primary N) is 3. The molecule has 1 fully saturated rings. The van der Waals surface area contributed by atoms with Crippen LogP contribution in [0, 0.1) is 0 Å². The number of aliphatic hydroxyl groups is 6. The molecule has 1 saturated carbocycles. The number of aliphatic hydroxyl groups excluding tert-OH is 6. The summed E-state index contributed by atoms with van der Waals surface area (Å²) in [5.41, 5.74) is 15.3. The van der Waals surface area contributed by atoms with Gasteiger partial charge < -0.3 is 62.5 Å². The summed E-state index contributed by atoms with van der Waals surface area (Å²) < 4.78 is 8.74. The van der Waals surface area contributed by atoms with Crippen molar-refractivity contribution >= 4 is 72.5 Å². The van der Waals surface area contributed by atoms with Gasteiger partial charge in [-0.2, -0.15) is 0 Å². The van der Waals surface area contributed by atoms with E-state index >= 15 is 0 Å². The van der Waals surface area contributed by atoms with Crippen molar-refractivity contribution in [2.75, 3.05) is 6.54 Å². The van der Waals surface area contributed by atoms with Gasteiger partial charge in [-0.1, -0.05) is 0 Å². The SMILES string of the molecule is NC(N)=NCCC[C@H](N)C(=O)O.O=[Si](O)O.OC1C(O)C(O)C(O)C(O)C1O.[K]. The molecule has 0 spiro atoms. The van der Waals surface area contributed by atoms with Gasteiger partial charge in [-0.05, 0) is 12.8 Å². The van der Waals surface area contributed by atoms with Crippen molar-refractivity contribution in [3.63, 3.8) is 0 Å². The monoisotopic (exact) mass is 471 g/mol. The van der Waals surface area contributed by atoms with Crippen molar-refractivity contribution in [3.8, 4) is 0 Å². The van der Waals surface area contributed by atoms with Crippen LogP contribution in [0.2, 0.25) is 0 Å². The number of hydrogen-bond donors (Lipinski definition) is 12. The van der Waals surface area contributed by atoms with E-state index in [1.54, 1.807) is 0 Å². The molecule has 0 amide bonds. The maximum absolute atomic E-state index is 10.2. The second-order valence-corrected chi connectivity index (χ2v) is 6.18. The van der Waals surface area contributed by atoms with Crippen LogP contribution < -0.4 is 17.2 Å². The Bertz CT molecular complexity index is 452. The molecule has 0 heterocycles. The van der Waals surface area contributed by atoms with E-state index in [0.717, 1.165) is 0 Å². The van der Waals surface area contributed by atoms with Crippen LogP contribution in [0.4, 0.5) is 0 Å². The topological polar surface area (TPSA) is 307 Å². The van der Waals surface area contributed by atoms with Crippen molar-refractivity contribution in [2.45, 2.75) is 55.5 Å². The molecule has 0 aromatic carbocycles.